The van der Waals surface area contributed by atoms with E-state index < -0.39 is 18.8 Å². The maximum atomic E-state index is 10.9. The van der Waals surface area contributed by atoms with Gasteiger partial charge in [0.15, 0.2) is 0 Å². The highest BCUT2D eigenvalue weighted by Gasteiger charge is 2.47. The van der Waals surface area contributed by atoms with Gasteiger partial charge >= 0.3 is 11.8 Å². The summed E-state index contributed by atoms with van der Waals surface area (Å²) in [5.74, 6) is -0.171. The van der Waals surface area contributed by atoms with Crippen molar-refractivity contribution >= 4 is 14.1 Å². The number of hydrogen-bond donors (Lipinski definition) is 0. The van der Waals surface area contributed by atoms with Crippen LogP contribution in [0.15, 0.2) is 6.20 Å². The molecule has 142 valence electrons. The summed E-state index contributed by atoms with van der Waals surface area (Å²) in [6.07, 6.45) is 2.18. The van der Waals surface area contributed by atoms with Crippen molar-refractivity contribution in [2.24, 2.45) is 0 Å². The molecule has 0 bridgehead atoms. The molecule has 0 aromatic carbocycles. The van der Waals surface area contributed by atoms with Gasteiger partial charge in [0.2, 0.25) is 8.32 Å². The SMILES string of the molecule is CC(C)[Si](OCC1(C)CCn2cc([N+](=O)[O-])nc2O1)(C(C)C)C(C)C. The molecule has 0 saturated carbocycles. The van der Waals surface area contributed by atoms with E-state index in [2.05, 4.69) is 46.5 Å². The molecule has 1 aromatic rings. The molecule has 0 aliphatic carbocycles. The van der Waals surface area contributed by atoms with E-state index in [4.69, 9.17) is 9.16 Å². The average Bonchev–Trinajstić information content (AvgIpc) is 2.89. The van der Waals surface area contributed by atoms with E-state index >= 15 is 0 Å². The summed E-state index contributed by atoms with van der Waals surface area (Å²) in [5.41, 5.74) is 1.000. The van der Waals surface area contributed by atoms with Gasteiger partial charge in [-0.25, -0.2) is 0 Å². The van der Waals surface area contributed by atoms with Crippen LogP contribution < -0.4 is 4.74 Å². The highest BCUT2D eigenvalue weighted by atomic mass is 28.4. The van der Waals surface area contributed by atoms with E-state index in [1.807, 2.05) is 6.92 Å². The summed E-state index contributed by atoms with van der Waals surface area (Å²) in [6.45, 7) is 16.7. The van der Waals surface area contributed by atoms with Crippen LogP contribution in [0, 0.1) is 10.1 Å². The molecule has 0 spiro atoms. The number of ether oxygens (including phenoxy) is 1. The van der Waals surface area contributed by atoms with Gasteiger partial charge in [0.25, 0.3) is 0 Å². The van der Waals surface area contributed by atoms with E-state index in [1.54, 1.807) is 4.57 Å². The minimum Gasteiger partial charge on any atom is -0.437 e. The third-order valence-electron chi connectivity index (χ3n) is 5.47. The average molecular weight is 370 g/mol. The number of rotatable bonds is 7. The number of aryl methyl sites for hydroxylation is 1. The quantitative estimate of drug-likeness (QED) is 0.401. The largest absolute Gasteiger partial charge is 0.437 e. The number of nitrogens with zero attached hydrogens (tertiary/aromatic N) is 3. The molecule has 1 atom stereocenters. The van der Waals surface area contributed by atoms with Crippen LogP contribution in [0.3, 0.4) is 0 Å². The second kappa shape index (κ2) is 7.07. The number of fused-ring (bicyclic) bond motifs is 1. The molecule has 7 nitrogen and oxygen atoms in total. The van der Waals surface area contributed by atoms with Gasteiger partial charge in [-0.15, -0.1) is 0 Å². The van der Waals surface area contributed by atoms with Crippen LogP contribution in [0.4, 0.5) is 5.82 Å². The minimum absolute atomic E-state index is 0.171. The normalized spacial score (nSPS) is 20.9. The second-order valence-corrected chi connectivity index (χ2v) is 13.7. The van der Waals surface area contributed by atoms with Crippen molar-refractivity contribution in [2.75, 3.05) is 6.61 Å². The summed E-state index contributed by atoms with van der Waals surface area (Å²) in [4.78, 5) is 14.4. The Bertz CT molecular complexity index is 608. The fourth-order valence-corrected chi connectivity index (χ4v) is 9.78. The first kappa shape index (κ1) is 19.9. The Morgan fingerprint density at radius 2 is 1.88 bits per heavy atom. The smallest absolute Gasteiger partial charge is 0.414 e. The Kier molecular flexibility index (Phi) is 5.63. The van der Waals surface area contributed by atoms with Crippen LogP contribution in [-0.4, -0.2) is 35.0 Å². The molecule has 25 heavy (non-hydrogen) atoms. The fourth-order valence-electron chi connectivity index (χ4n) is 4.22. The molecule has 1 aliphatic heterocycles. The predicted octanol–water partition coefficient (Wildman–Crippen LogP) is 4.52. The van der Waals surface area contributed by atoms with Crippen molar-refractivity contribution in [3.05, 3.63) is 16.3 Å². The van der Waals surface area contributed by atoms with E-state index in [-0.39, 0.29) is 5.82 Å². The zero-order chi connectivity index (χ0) is 19.0. The van der Waals surface area contributed by atoms with Gasteiger partial charge in [0.05, 0.1) is 6.61 Å². The molecule has 1 unspecified atom stereocenters. The van der Waals surface area contributed by atoms with Crippen molar-refractivity contribution in [2.45, 2.75) is 83.7 Å². The molecular weight excluding hydrogens is 338 g/mol. The second-order valence-electron chi connectivity index (χ2n) is 8.24. The lowest BCUT2D eigenvalue weighted by Crippen LogP contribution is -2.52. The number of nitro groups is 1. The van der Waals surface area contributed by atoms with Gasteiger partial charge < -0.3 is 19.3 Å². The van der Waals surface area contributed by atoms with Crippen molar-refractivity contribution < 1.29 is 14.1 Å². The van der Waals surface area contributed by atoms with Gasteiger partial charge in [0, 0.05) is 17.9 Å². The monoisotopic (exact) mass is 369 g/mol. The van der Waals surface area contributed by atoms with E-state index in [0.717, 1.165) is 6.42 Å². The van der Waals surface area contributed by atoms with Crippen LogP contribution >= 0.6 is 0 Å². The van der Waals surface area contributed by atoms with Crippen molar-refractivity contribution in [1.29, 1.82) is 0 Å². The standard InChI is InChI=1S/C17H31N3O4Si/c1-12(2)25(13(3)4,14(5)6)23-11-17(7)8-9-19-10-15(20(21)22)18-16(19)24-17/h10,12-14H,8-9,11H2,1-7H3. The van der Waals surface area contributed by atoms with Crippen molar-refractivity contribution in [3.8, 4) is 6.01 Å². The summed E-state index contributed by atoms with van der Waals surface area (Å²) in [6, 6.07) is 0.315. The van der Waals surface area contributed by atoms with Crippen LogP contribution in [0.25, 0.3) is 0 Å². The number of imidazole rings is 1. The van der Waals surface area contributed by atoms with Crippen LogP contribution in [0.5, 0.6) is 6.01 Å². The molecule has 0 saturated heterocycles. The summed E-state index contributed by atoms with van der Waals surface area (Å²) in [7, 11) is -1.98. The molecule has 0 fully saturated rings. The number of hydrogen-bond acceptors (Lipinski definition) is 5. The van der Waals surface area contributed by atoms with Crippen LogP contribution in [0.2, 0.25) is 16.6 Å². The van der Waals surface area contributed by atoms with Gasteiger partial charge in [-0.3, -0.25) is 4.57 Å². The third kappa shape index (κ3) is 3.74. The first-order valence-electron chi connectivity index (χ1n) is 9.06. The molecule has 2 rings (SSSR count). The topological polar surface area (TPSA) is 79.4 Å². The maximum Gasteiger partial charge on any atom is 0.414 e. The predicted molar refractivity (Wildman–Crippen MR) is 99.5 cm³/mol. The Balaban J connectivity index is 2.17. The van der Waals surface area contributed by atoms with Crippen molar-refractivity contribution in [1.82, 2.24) is 9.55 Å². The molecular formula is C17H31N3O4Si. The molecule has 1 aromatic heterocycles. The zero-order valence-corrected chi connectivity index (χ0v) is 17.4. The minimum atomic E-state index is -1.98. The summed E-state index contributed by atoms with van der Waals surface area (Å²) < 4.78 is 14.4. The van der Waals surface area contributed by atoms with Crippen LogP contribution in [-0.2, 0) is 11.0 Å². The molecule has 0 N–H and O–H groups in total. The van der Waals surface area contributed by atoms with Gasteiger partial charge in [-0.05, 0) is 28.5 Å². The Hall–Kier alpha value is -1.41. The first-order valence-corrected chi connectivity index (χ1v) is 11.2. The lowest BCUT2D eigenvalue weighted by molar-refractivity contribution is -0.389. The van der Waals surface area contributed by atoms with Gasteiger partial charge in [0.1, 0.15) is 11.8 Å². The van der Waals surface area contributed by atoms with E-state index in [0.29, 0.717) is 35.8 Å². The zero-order valence-electron chi connectivity index (χ0n) is 16.4. The fraction of sp³-hybridized carbons (Fsp3) is 0.824. The lowest BCUT2D eigenvalue weighted by Gasteiger charge is -2.44. The van der Waals surface area contributed by atoms with Gasteiger partial charge in [-0.2, -0.15) is 0 Å². The summed E-state index contributed by atoms with van der Waals surface area (Å²) >= 11 is 0. The highest BCUT2D eigenvalue weighted by Crippen LogP contribution is 2.43. The Morgan fingerprint density at radius 3 is 2.36 bits per heavy atom. The molecule has 0 radical (unpaired) electrons. The Morgan fingerprint density at radius 1 is 1.32 bits per heavy atom. The maximum absolute atomic E-state index is 10.9. The molecule has 0 amide bonds. The molecule has 1 aliphatic rings. The molecule has 8 heteroatoms. The van der Waals surface area contributed by atoms with E-state index in [9.17, 15) is 10.1 Å². The number of aromatic nitrogens is 2. The van der Waals surface area contributed by atoms with E-state index in [1.165, 1.54) is 6.20 Å². The first-order chi connectivity index (χ1) is 11.5. The highest BCUT2D eigenvalue weighted by molar-refractivity contribution is 6.77. The third-order valence-corrected chi connectivity index (χ3v) is 11.5. The van der Waals surface area contributed by atoms with Crippen LogP contribution in [0.1, 0.15) is 54.9 Å². The van der Waals surface area contributed by atoms with Crippen molar-refractivity contribution in [3.63, 3.8) is 0 Å². The molecule has 2 heterocycles. The summed E-state index contributed by atoms with van der Waals surface area (Å²) in [5, 5.41) is 10.9. The van der Waals surface area contributed by atoms with Gasteiger partial charge in [-0.1, -0.05) is 41.5 Å². The lowest BCUT2D eigenvalue weighted by atomic mass is 10.0. The Labute approximate surface area is 151 Å².